The average molecular weight is 424 g/mol. The number of likely N-dealkylation sites (tertiary alicyclic amines) is 1. The first-order valence-electron chi connectivity index (χ1n) is 16.0. The number of hydrogen-bond donors (Lipinski definition) is 0. The molecule has 0 atom stereocenters. The zero-order valence-corrected chi connectivity index (χ0v) is 16.0. The van der Waals surface area contributed by atoms with Crippen molar-refractivity contribution >= 4 is 11.0 Å². The number of rotatable bonds is 4. The first kappa shape index (κ1) is 9.73. The number of fused-ring (bicyclic) bond motifs is 2. The van der Waals surface area contributed by atoms with E-state index in [1.807, 2.05) is 0 Å². The van der Waals surface area contributed by atoms with Gasteiger partial charge in [0.1, 0.15) is 11.6 Å². The molecule has 1 aromatic carbocycles. The minimum absolute atomic E-state index is 0.154. The monoisotopic (exact) mass is 423 g/mol. The van der Waals surface area contributed by atoms with Gasteiger partial charge in [-0.2, -0.15) is 0 Å². The summed E-state index contributed by atoms with van der Waals surface area (Å²) >= 11 is 0. The van der Waals surface area contributed by atoms with Gasteiger partial charge in [0.05, 0.1) is 5.69 Å². The molecular weight excluding hydrogens is 383 g/mol. The zero-order chi connectivity index (χ0) is 32.3. The van der Waals surface area contributed by atoms with Crippen molar-refractivity contribution < 1.29 is 26.7 Å². The molecule has 0 amide bonds. The highest BCUT2D eigenvalue weighted by Crippen LogP contribution is 2.32. The van der Waals surface area contributed by atoms with E-state index in [2.05, 4.69) is 10.1 Å². The Labute approximate surface area is 193 Å². The van der Waals surface area contributed by atoms with E-state index in [-0.39, 0.29) is 23.2 Å². The molecule has 0 spiro atoms. The number of aryl methyl sites for hydroxylation is 2. The lowest BCUT2D eigenvalue weighted by molar-refractivity contribution is 0.211. The highest BCUT2D eigenvalue weighted by molar-refractivity contribution is 5.79. The van der Waals surface area contributed by atoms with Crippen LogP contribution < -0.4 is 5.56 Å². The first-order valence-corrected chi connectivity index (χ1v) is 9.48. The Balaban J connectivity index is 1.75. The normalized spacial score (nSPS) is 33.2. The van der Waals surface area contributed by atoms with Crippen LogP contribution in [-0.4, -0.2) is 39.1 Å². The summed E-state index contributed by atoms with van der Waals surface area (Å²) in [4.78, 5) is 17.2. The Morgan fingerprint density at radius 3 is 3.03 bits per heavy atom. The Hall–Kier alpha value is -2.54. The maximum Gasteiger partial charge on any atom is 0.256 e. The number of hydrogen-bond acceptors (Lipinski definition) is 5. The van der Waals surface area contributed by atoms with Gasteiger partial charge in [-0.05, 0) is 64.0 Å². The summed E-state index contributed by atoms with van der Waals surface area (Å²) < 4.78 is 134. The second kappa shape index (κ2) is 7.95. The number of benzene rings is 1. The van der Waals surface area contributed by atoms with Gasteiger partial charge in [0.2, 0.25) is 0 Å². The molecule has 1 fully saturated rings. The van der Waals surface area contributed by atoms with E-state index in [0.29, 0.717) is 25.1 Å². The van der Waals surface area contributed by atoms with Gasteiger partial charge in [0.15, 0.2) is 5.58 Å². The molecule has 1 saturated heterocycles. The molecule has 7 heteroatoms. The highest BCUT2D eigenvalue weighted by Gasteiger charge is 2.25. The standard InChI is InChI=1S/C23H27FN4O2/c1-15-18(23(29)28-10-3-2-4-21(28)25-15)9-13-27-11-7-16(8-12-27)22-19-6-5-17(24)14-20(19)30-26-22/h5-6,14,16H,2-4,7-13H2,1H3/i7D2,8D2,9D2,11D2,12D2,13D2,16D. The van der Waals surface area contributed by atoms with Gasteiger partial charge in [-0.15, -0.1) is 0 Å². The molecule has 0 unspecified atom stereocenters. The molecule has 0 aliphatic carbocycles. The molecule has 0 bridgehead atoms. The van der Waals surface area contributed by atoms with Crippen LogP contribution in [0.1, 0.15) is 72.1 Å². The Kier molecular flexibility index (Phi) is 2.58. The summed E-state index contributed by atoms with van der Waals surface area (Å²) in [6.07, 6.45) is -9.71. The third-order valence-electron chi connectivity index (χ3n) is 5.01. The molecule has 4 heterocycles. The second-order valence-electron chi connectivity index (χ2n) is 6.99. The number of aromatic nitrogens is 3. The van der Waals surface area contributed by atoms with Crippen LogP contribution in [0.2, 0.25) is 0 Å². The summed E-state index contributed by atoms with van der Waals surface area (Å²) in [6, 6.07) is 2.66. The molecule has 30 heavy (non-hydrogen) atoms. The van der Waals surface area contributed by atoms with Crippen molar-refractivity contribution in [1.82, 2.24) is 19.6 Å². The zero-order valence-electron chi connectivity index (χ0n) is 29.0. The van der Waals surface area contributed by atoms with Crippen molar-refractivity contribution in [3.05, 3.63) is 57.1 Å². The smallest absolute Gasteiger partial charge is 0.256 e. The molecular formula is C23H27FN4O2. The van der Waals surface area contributed by atoms with Crippen molar-refractivity contribution in [3.8, 4) is 0 Å². The fraction of sp³-hybridized carbons (Fsp3) is 0.522. The lowest BCUT2D eigenvalue weighted by Gasteiger charge is -2.31. The molecule has 5 rings (SSSR count). The van der Waals surface area contributed by atoms with Crippen LogP contribution in [0.3, 0.4) is 0 Å². The molecule has 2 aromatic heterocycles. The maximum atomic E-state index is 13.8. The van der Waals surface area contributed by atoms with E-state index >= 15 is 0 Å². The van der Waals surface area contributed by atoms with E-state index in [0.717, 1.165) is 22.8 Å². The molecule has 0 saturated carbocycles. The number of piperidine rings is 1. The third kappa shape index (κ3) is 3.55. The number of halogens is 1. The first-order chi connectivity index (χ1) is 19.5. The van der Waals surface area contributed by atoms with Crippen LogP contribution in [-0.2, 0) is 19.3 Å². The molecule has 158 valence electrons. The fourth-order valence-corrected chi connectivity index (χ4v) is 3.50. The van der Waals surface area contributed by atoms with E-state index in [9.17, 15) is 9.18 Å². The van der Waals surface area contributed by atoms with Crippen molar-refractivity contribution in [1.29, 1.82) is 0 Å². The van der Waals surface area contributed by atoms with Gasteiger partial charge in [-0.25, -0.2) is 9.37 Å². The second-order valence-corrected chi connectivity index (χ2v) is 6.99. The van der Waals surface area contributed by atoms with Gasteiger partial charge in [-0.3, -0.25) is 9.36 Å². The van der Waals surface area contributed by atoms with Crippen molar-refractivity contribution in [2.75, 3.05) is 19.5 Å². The van der Waals surface area contributed by atoms with Crippen molar-refractivity contribution in [2.45, 2.75) is 57.7 Å². The summed E-state index contributed by atoms with van der Waals surface area (Å²) in [7, 11) is 0. The van der Waals surface area contributed by atoms with E-state index < -0.39 is 72.0 Å². The molecule has 0 N–H and O–H groups in total. The molecule has 3 aromatic rings. The predicted octanol–water partition coefficient (Wildman–Crippen LogP) is 3.59. The van der Waals surface area contributed by atoms with E-state index in [1.54, 1.807) is 0 Å². The Bertz CT molecular complexity index is 1660. The van der Waals surface area contributed by atoms with Crippen molar-refractivity contribution in [2.24, 2.45) is 0 Å². The van der Waals surface area contributed by atoms with E-state index in [4.69, 9.17) is 22.3 Å². The molecule has 0 radical (unpaired) electrons. The summed E-state index contributed by atoms with van der Waals surface area (Å²) in [6.45, 7) is -10.5. The van der Waals surface area contributed by atoms with Gasteiger partial charge < -0.3 is 9.42 Å². The Morgan fingerprint density at radius 1 is 1.37 bits per heavy atom. The molecule has 2 aliphatic heterocycles. The molecule has 6 nitrogen and oxygen atoms in total. The van der Waals surface area contributed by atoms with Crippen LogP contribution >= 0.6 is 0 Å². The van der Waals surface area contributed by atoms with Crippen molar-refractivity contribution in [3.63, 3.8) is 0 Å². The highest BCUT2D eigenvalue weighted by atomic mass is 19.1. The lowest BCUT2D eigenvalue weighted by atomic mass is 9.91. The topological polar surface area (TPSA) is 64.2 Å². The minimum Gasteiger partial charge on any atom is -0.356 e. The van der Waals surface area contributed by atoms with Gasteiger partial charge in [0.25, 0.3) is 5.56 Å². The van der Waals surface area contributed by atoms with Crippen LogP contribution in [0.15, 0.2) is 27.5 Å². The van der Waals surface area contributed by atoms with Crippen LogP contribution in [0.25, 0.3) is 11.0 Å². The van der Waals surface area contributed by atoms with Crippen LogP contribution in [0.5, 0.6) is 0 Å². The van der Waals surface area contributed by atoms with Gasteiger partial charge in [-0.1, -0.05) is 5.16 Å². The SMILES string of the molecule is [2H]C([2H])(c1c(C)nc2n(c1=O)CCCC2)C([2H])([2H])N1C([2H])([2H])C([2H])([2H])C([2H])(c2noc3cc(F)ccc23)C([2H])([2H])C1([2H])[2H]. The molecule has 2 aliphatic rings. The quantitative estimate of drug-likeness (QED) is 0.642. The fourth-order valence-electron chi connectivity index (χ4n) is 3.50. The Morgan fingerprint density at radius 2 is 2.20 bits per heavy atom. The predicted molar refractivity (Wildman–Crippen MR) is 112 cm³/mol. The summed E-state index contributed by atoms with van der Waals surface area (Å²) in [5.41, 5.74) is -3.35. The third-order valence-corrected chi connectivity index (χ3v) is 5.01. The summed E-state index contributed by atoms with van der Waals surface area (Å²) in [5.74, 6) is -4.10. The maximum absolute atomic E-state index is 13.8. The van der Waals surface area contributed by atoms with E-state index in [1.165, 1.54) is 6.92 Å². The van der Waals surface area contributed by atoms with Crippen LogP contribution in [0.4, 0.5) is 4.39 Å². The minimum atomic E-state index is -3.99. The van der Waals surface area contributed by atoms with Crippen LogP contribution in [0, 0.1) is 12.7 Å². The summed E-state index contributed by atoms with van der Waals surface area (Å²) in [5, 5.41) is 3.21. The lowest BCUT2D eigenvalue weighted by Crippen LogP contribution is -2.37. The largest absolute Gasteiger partial charge is 0.356 e. The average Bonchev–Trinajstić information content (AvgIpc) is 3.29. The van der Waals surface area contributed by atoms with Gasteiger partial charge in [0, 0.05) is 65.9 Å². The van der Waals surface area contributed by atoms with Gasteiger partial charge >= 0.3 is 0 Å². The number of nitrogens with zero attached hydrogens (tertiary/aromatic N) is 4.